The van der Waals surface area contributed by atoms with E-state index < -0.39 is 0 Å². The Hall–Kier alpha value is -1.53. The quantitative estimate of drug-likeness (QED) is 0.882. The summed E-state index contributed by atoms with van der Waals surface area (Å²) >= 11 is 4.83. The largest absolute Gasteiger partial charge is 0.307 e. The molecule has 0 fully saturated rings. The van der Waals surface area contributed by atoms with Crippen molar-refractivity contribution < 1.29 is 4.79 Å². The van der Waals surface area contributed by atoms with Crippen LogP contribution in [0, 0.1) is 6.92 Å². The predicted octanol–water partition coefficient (Wildman–Crippen LogP) is 3.26. The molecule has 0 aliphatic carbocycles. The lowest BCUT2D eigenvalue weighted by Gasteiger charge is -1.99. The maximum Gasteiger partial charge on any atom is 0.249 e. The number of carbonyl (C=O) groups excluding carboxylic acids is 1. The highest BCUT2D eigenvalue weighted by Crippen LogP contribution is 2.11. The SMILES string of the molecule is Cc1nc(/C=C/C(=O)Nc2ccc(Br)cn2)cs1. The minimum atomic E-state index is -0.226. The molecule has 1 amide bonds. The molecular weight excluding hydrogens is 314 g/mol. The second kappa shape index (κ2) is 5.88. The lowest BCUT2D eigenvalue weighted by atomic mass is 10.4. The molecule has 0 atom stereocenters. The number of halogens is 1. The molecule has 0 unspecified atom stereocenters. The van der Waals surface area contributed by atoms with Crippen LogP contribution < -0.4 is 5.32 Å². The molecule has 0 spiro atoms. The molecule has 0 aliphatic heterocycles. The van der Waals surface area contributed by atoms with Gasteiger partial charge in [-0.2, -0.15) is 0 Å². The number of carbonyl (C=O) groups is 1. The van der Waals surface area contributed by atoms with Crippen LogP contribution in [0.1, 0.15) is 10.7 Å². The van der Waals surface area contributed by atoms with E-state index in [0.29, 0.717) is 5.82 Å². The molecule has 1 N–H and O–H groups in total. The fourth-order valence-electron chi connectivity index (χ4n) is 1.24. The Labute approximate surface area is 117 Å². The third-order valence-electron chi connectivity index (χ3n) is 2.02. The van der Waals surface area contributed by atoms with Crippen LogP contribution in [0.2, 0.25) is 0 Å². The van der Waals surface area contributed by atoms with Gasteiger partial charge in [0.2, 0.25) is 5.91 Å². The number of thiazole rings is 1. The van der Waals surface area contributed by atoms with E-state index in [1.165, 1.54) is 6.08 Å². The minimum Gasteiger partial charge on any atom is -0.307 e. The average Bonchev–Trinajstić information content (AvgIpc) is 2.76. The Morgan fingerprint density at radius 2 is 2.33 bits per heavy atom. The zero-order valence-electron chi connectivity index (χ0n) is 9.55. The van der Waals surface area contributed by atoms with Crippen molar-refractivity contribution in [3.63, 3.8) is 0 Å². The van der Waals surface area contributed by atoms with Crippen LogP contribution in [-0.4, -0.2) is 15.9 Å². The Morgan fingerprint density at radius 1 is 1.50 bits per heavy atom. The summed E-state index contributed by atoms with van der Waals surface area (Å²) in [6, 6.07) is 3.54. The van der Waals surface area contributed by atoms with E-state index in [4.69, 9.17) is 0 Å². The van der Waals surface area contributed by atoms with Gasteiger partial charge >= 0.3 is 0 Å². The number of aryl methyl sites for hydroxylation is 1. The van der Waals surface area contributed by atoms with E-state index in [1.54, 1.807) is 29.7 Å². The second-order valence-corrected chi connectivity index (χ2v) is 5.45. The number of aromatic nitrogens is 2. The van der Waals surface area contributed by atoms with Gasteiger partial charge in [-0.1, -0.05) is 0 Å². The number of pyridine rings is 1. The van der Waals surface area contributed by atoms with Gasteiger partial charge in [0.05, 0.1) is 10.7 Å². The van der Waals surface area contributed by atoms with Gasteiger partial charge in [0.25, 0.3) is 0 Å². The topological polar surface area (TPSA) is 54.9 Å². The summed E-state index contributed by atoms with van der Waals surface area (Å²) < 4.78 is 0.869. The Balaban J connectivity index is 1.96. The summed E-state index contributed by atoms with van der Waals surface area (Å²) in [6.45, 7) is 1.92. The van der Waals surface area contributed by atoms with Gasteiger partial charge in [-0.05, 0) is 41.1 Å². The standard InChI is InChI=1S/C12H10BrN3OS/c1-8-15-10(7-18-8)3-5-12(17)16-11-4-2-9(13)6-14-11/h2-7H,1H3,(H,14,16,17)/b5-3+. The van der Waals surface area contributed by atoms with E-state index in [2.05, 4.69) is 31.2 Å². The van der Waals surface area contributed by atoms with Crippen molar-refractivity contribution in [2.75, 3.05) is 5.32 Å². The van der Waals surface area contributed by atoms with E-state index in [0.717, 1.165) is 15.2 Å². The highest BCUT2D eigenvalue weighted by atomic mass is 79.9. The molecule has 18 heavy (non-hydrogen) atoms. The van der Waals surface area contributed by atoms with Gasteiger partial charge < -0.3 is 5.32 Å². The zero-order valence-corrected chi connectivity index (χ0v) is 12.0. The van der Waals surface area contributed by atoms with Crippen molar-refractivity contribution in [2.45, 2.75) is 6.92 Å². The van der Waals surface area contributed by atoms with Crippen LogP contribution in [0.4, 0.5) is 5.82 Å². The van der Waals surface area contributed by atoms with Crippen molar-refractivity contribution >= 4 is 45.1 Å². The fraction of sp³-hybridized carbons (Fsp3) is 0.0833. The number of rotatable bonds is 3. The highest BCUT2D eigenvalue weighted by molar-refractivity contribution is 9.10. The van der Waals surface area contributed by atoms with Gasteiger partial charge in [0.1, 0.15) is 5.82 Å². The first-order valence-electron chi connectivity index (χ1n) is 5.16. The average molecular weight is 324 g/mol. The number of hydrogen-bond donors (Lipinski definition) is 1. The van der Waals surface area contributed by atoms with Crippen molar-refractivity contribution in [1.29, 1.82) is 0 Å². The summed E-state index contributed by atoms with van der Waals surface area (Å²) in [6.07, 6.45) is 4.75. The van der Waals surface area contributed by atoms with Crippen LogP contribution in [0.5, 0.6) is 0 Å². The smallest absolute Gasteiger partial charge is 0.249 e. The van der Waals surface area contributed by atoms with Crippen LogP contribution in [0.3, 0.4) is 0 Å². The van der Waals surface area contributed by atoms with Gasteiger partial charge in [0.15, 0.2) is 0 Å². The molecule has 0 saturated carbocycles. The number of nitrogens with zero attached hydrogens (tertiary/aromatic N) is 2. The summed E-state index contributed by atoms with van der Waals surface area (Å²) in [5.74, 6) is 0.290. The highest BCUT2D eigenvalue weighted by Gasteiger charge is 1.99. The molecule has 0 saturated heterocycles. The number of nitrogens with one attached hydrogen (secondary N) is 1. The van der Waals surface area contributed by atoms with Crippen molar-refractivity contribution in [1.82, 2.24) is 9.97 Å². The summed E-state index contributed by atoms with van der Waals surface area (Å²) in [5, 5.41) is 5.54. The van der Waals surface area contributed by atoms with E-state index >= 15 is 0 Å². The number of hydrogen-bond acceptors (Lipinski definition) is 4. The lowest BCUT2D eigenvalue weighted by molar-refractivity contribution is -0.111. The van der Waals surface area contributed by atoms with Gasteiger partial charge in [-0.3, -0.25) is 4.79 Å². The molecule has 0 bridgehead atoms. The number of anilines is 1. The van der Waals surface area contributed by atoms with Gasteiger partial charge in [-0.15, -0.1) is 11.3 Å². The maximum atomic E-state index is 11.6. The van der Waals surface area contributed by atoms with Crippen LogP contribution in [0.25, 0.3) is 6.08 Å². The molecule has 2 heterocycles. The summed E-state index contributed by atoms with van der Waals surface area (Å²) in [7, 11) is 0. The molecule has 92 valence electrons. The Morgan fingerprint density at radius 3 is 2.94 bits per heavy atom. The normalized spacial score (nSPS) is 10.8. The van der Waals surface area contributed by atoms with E-state index in [9.17, 15) is 4.79 Å². The van der Waals surface area contributed by atoms with Crippen molar-refractivity contribution in [3.8, 4) is 0 Å². The molecule has 4 nitrogen and oxygen atoms in total. The summed E-state index contributed by atoms with van der Waals surface area (Å²) in [4.78, 5) is 19.9. The first-order chi connectivity index (χ1) is 8.63. The maximum absolute atomic E-state index is 11.6. The molecule has 2 rings (SSSR count). The molecule has 2 aromatic heterocycles. The third-order valence-corrected chi connectivity index (χ3v) is 3.28. The zero-order chi connectivity index (χ0) is 13.0. The van der Waals surface area contributed by atoms with Crippen molar-refractivity contribution in [3.05, 3.63) is 45.0 Å². The van der Waals surface area contributed by atoms with Crippen LogP contribution >= 0.6 is 27.3 Å². The first kappa shape index (κ1) is 12.9. The first-order valence-corrected chi connectivity index (χ1v) is 6.83. The van der Waals surface area contributed by atoms with Crippen LogP contribution in [0.15, 0.2) is 34.3 Å². The van der Waals surface area contributed by atoms with E-state index in [1.807, 2.05) is 18.4 Å². The predicted molar refractivity (Wildman–Crippen MR) is 76.5 cm³/mol. The third kappa shape index (κ3) is 3.75. The molecule has 6 heteroatoms. The molecule has 0 aromatic carbocycles. The van der Waals surface area contributed by atoms with Gasteiger partial charge in [0, 0.05) is 22.1 Å². The minimum absolute atomic E-state index is 0.226. The number of amides is 1. The molecular formula is C12H10BrN3OS. The fourth-order valence-corrected chi connectivity index (χ4v) is 2.05. The van der Waals surface area contributed by atoms with E-state index in [-0.39, 0.29) is 5.91 Å². The molecule has 2 aromatic rings. The van der Waals surface area contributed by atoms with Crippen molar-refractivity contribution in [2.24, 2.45) is 0 Å². The molecule has 0 aliphatic rings. The summed E-state index contributed by atoms with van der Waals surface area (Å²) in [5.41, 5.74) is 0.788. The molecule has 0 radical (unpaired) electrons. The Bertz CT molecular complexity index is 577. The second-order valence-electron chi connectivity index (χ2n) is 3.48. The van der Waals surface area contributed by atoms with Crippen LogP contribution in [-0.2, 0) is 4.79 Å². The van der Waals surface area contributed by atoms with Gasteiger partial charge in [-0.25, -0.2) is 9.97 Å². The lowest BCUT2D eigenvalue weighted by Crippen LogP contribution is -2.08. The Kier molecular flexibility index (Phi) is 4.22. The monoisotopic (exact) mass is 323 g/mol.